The summed E-state index contributed by atoms with van der Waals surface area (Å²) in [5, 5.41) is 11.2. The molecule has 0 spiro atoms. The molecule has 0 aliphatic carbocycles. The average Bonchev–Trinajstić information content (AvgIpc) is 2.19. The van der Waals surface area contributed by atoms with E-state index in [0.717, 1.165) is 0 Å². The van der Waals surface area contributed by atoms with Crippen LogP contribution < -0.4 is 5.73 Å². The van der Waals surface area contributed by atoms with Gasteiger partial charge in [-0.05, 0) is 20.2 Å². The second-order valence-electron chi connectivity index (χ2n) is 3.53. The van der Waals surface area contributed by atoms with Crippen LogP contribution in [0.2, 0.25) is 0 Å². The van der Waals surface area contributed by atoms with Crippen LogP contribution in [0.25, 0.3) is 0 Å². The molecular weight excluding hydrogens is 197 g/mol. The minimum absolute atomic E-state index is 0.0923. The molecular formula is C10H14FN3O. The quantitative estimate of drug-likeness (QED) is 0.339. The summed E-state index contributed by atoms with van der Waals surface area (Å²) in [5.74, 6) is -0.446. The lowest BCUT2D eigenvalue weighted by Gasteiger charge is -2.11. The van der Waals surface area contributed by atoms with Crippen LogP contribution in [-0.4, -0.2) is 30.0 Å². The first kappa shape index (κ1) is 11.5. The van der Waals surface area contributed by atoms with Gasteiger partial charge in [-0.2, -0.15) is 0 Å². The van der Waals surface area contributed by atoms with Crippen molar-refractivity contribution in [2.45, 2.75) is 6.54 Å². The van der Waals surface area contributed by atoms with Gasteiger partial charge in [-0.1, -0.05) is 17.3 Å². The second-order valence-corrected chi connectivity index (χ2v) is 3.53. The number of hydrogen-bond donors (Lipinski definition) is 2. The summed E-state index contributed by atoms with van der Waals surface area (Å²) in [6, 6.07) is 4.51. The predicted octanol–water partition coefficient (Wildman–Crippen LogP) is 0.982. The smallest absolute Gasteiger partial charge is 0.170 e. The van der Waals surface area contributed by atoms with Crippen LogP contribution in [0.3, 0.4) is 0 Å². The molecule has 0 amide bonds. The van der Waals surface area contributed by atoms with Crippen LogP contribution in [-0.2, 0) is 6.54 Å². The lowest BCUT2D eigenvalue weighted by molar-refractivity contribution is 0.318. The van der Waals surface area contributed by atoms with E-state index in [9.17, 15) is 4.39 Å². The fourth-order valence-corrected chi connectivity index (χ4v) is 1.23. The van der Waals surface area contributed by atoms with Gasteiger partial charge in [0.05, 0.1) is 0 Å². The maximum atomic E-state index is 13.5. The number of nitrogens with zero attached hydrogens (tertiary/aromatic N) is 2. The minimum atomic E-state index is -0.354. The number of halogens is 1. The topological polar surface area (TPSA) is 61.8 Å². The van der Waals surface area contributed by atoms with Crippen molar-refractivity contribution in [3.05, 3.63) is 35.1 Å². The highest BCUT2D eigenvalue weighted by atomic mass is 19.1. The van der Waals surface area contributed by atoms with Crippen molar-refractivity contribution in [2.75, 3.05) is 14.1 Å². The zero-order valence-corrected chi connectivity index (χ0v) is 8.74. The van der Waals surface area contributed by atoms with E-state index in [0.29, 0.717) is 17.7 Å². The molecule has 0 radical (unpaired) electrons. The van der Waals surface area contributed by atoms with Crippen LogP contribution in [0.1, 0.15) is 11.1 Å². The molecule has 0 atom stereocenters. The van der Waals surface area contributed by atoms with E-state index in [-0.39, 0.29) is 11.7 Å². The highest BCUT2D eigenvalue weighted by Gasteiger charge is 2.06. The van der Waals surface area contributed by atoms with Gasteiger partial charge in [0.25, 0.3) is 0 Å². The van der Waals surface area contributed by atoms with Crippen molar-refractivity contribution in [3.63, 3.8) is 0 Å². The molecule has 0 aromatic heterocycles. The molecule has 1 aromatic carbocycles. The highest BCUT2D eigenvalue weighted by Crippen LogP contribution is 2.11. The van der Waals surface area contributed by atoms with Crippen molar-refractivity contribution >= 4 is 5.84 Å². The van der Waals surface area contributed by atoms with Gasteiger partial charge in [-0.15, -0.1) is 0 Å². The normalized spacial score (nSPS) is 12.1. The van der Waals surface area contributed by atoms with Gasteiger partial charge in [-0.25, -0.2) is 4.39 Å². The third-order valence-electron chi connectivity index (χ3n) is 1.94. The standard InChI is InChI=1S/C10H14FN3O/c1-14(2)6-8-4-3-7(5-9(8)11)10(12)13-15/h3-5,15H,6H2,1-2H3,(H2,12,13). The number of hydrogen-bond acceptors (Lipinski definition) is 3. The van der Waals surface area contributed by atoms with Crippen LogP contribution in [0, 0.1) is 5.82 Å². The molecule has 4 nitrogen and oxygen atoms in total. The number of rotatable bonds is 3. The summed E-state index contributed by atoms with van der Waals surface area (Å²) in [6.07, 6.45) is 0. The molecule has 3 N–H and O–H groups in total. The van der Waals surface area contributed by atoms with Crippen molar-refractivity contribution < 1.29 is 9.60 Å². The predicted molar refractivity (Wildman–Crippen MR) is 56.3 cm³/mol. The first-order valence-corrected chi connectivity index (χ1v) is 4.45. The van der Waals surface area contributed by atoms with Crippen molar-refractivity contribution in [2.24, 2.45) is 10.9 Å². The number of nitrogens with two attached hydrogens (primary N) is 1. The van der Waals surface area contributed by atoms with E-state index in [4.69, 9.17) is 10.9 Å². The molecule has 0 bridgehead atoms. The fraction of sp³-hybridized carbons (Fsp3) is 0.300. The molecule has 0 heterocycles. The van der Waals surface area contributed by atoms with Crippen LogP contribution in [0.4, 0.5) is 4.39 Å². The first-order valence-electron chi connectivity index (χ1n) is 4.45. The zero-order chi connectivity index (χ0) is 11.4. The largest absolute Gasteiger partial charge is 0.409 e. The van der Waals surface area contributed by atoms with Crippen LogP contribution >= 0.6 is 0 Å². The van der Waals surface area contributed by atoms with E-state index in [1.54, 1.807) is 12.1 Å². The Labute approximate surface area is 87.8 Å². The van der Waals surface area contributed by atoms with Gasteiger partial charge in [0.1, 0.15) is 5.82 Å². The lowest BCUT2D eigenvalue weighted by Crippen LogP contribution is -2.15. The summed E-state index contributed by atoms with van der Waals surface area (Å²) in [5.41, 5.74) is 6.29. The molecule has 0 saturated carbocycles. The first-order chi connectivity index (χ1) is 7.04. The number of amidine groups is 1. The molecule has 0 aliphatic rings. The maximum Gasteiger partial charge on any atom is 0.170 e. The van der Waals surface area contributed by atoms with Gasteiger partial charge in [-0.3, -0.25) is 0 Å². The number of oxime groups is 1. The Bertz CT molecular complexity index is 377. The van der Waals surface area contributed by atoms with E-state index in [1.165, 1.54) is 6.07 Å². The van der Waals surface area contributed by atoms with Gasteiger partial charge in [0.15, 0.2) is 5.84 Å². The molecule has 1 aromatic rings. The Morgan fingerprint density at radius 3 is 2.67 bits per heavy atom. The van der Waals surface area contributed by atoms with Crippen molar-refractivity contribution in [1.82, 2.24) is 4.90 Å². The third kappa shape index (κ3) is 2.92. The van der Waals surface area contributed by atoms with Gasteiger partial charge in [0, 0.05) is 17.7 Å². The van der Waals surface area contributed by atoms with Gasteiger partial charge >= 0.3 is 0 Å². The highest BCUT2D eigenvalue weighted by molar-refractivity contribution is 5.97. The summed E-state index contributed by atoms with van der Waals surface area (Å²) < 4.78 is 13.5. The Balaban J connectivity index is 2.98. The maximum absolute atomic E-state index is 13.5. The Morgan fingerprint density at radius 2 is 2.20 bits per heavy atom. The fourth-order valence-electron chi connectivity index (χ4n) is 1.23. The Hall–Kier alpha value is -1.62. The Morgan fingerprint density at radius 1 is 1.53 bits per heavy atom. The molecule has 0 unspecified atom stereocenters. The van der Waals surface area contributed by atoms with E-state index < -0.39 is 0 Å². The van der Waals surface area contributed by atoms with Crippen molar-refractivity contribution in [1.29, 1.82) is 0 Å². The van der Waals surface area contributed by atoms with Crippen LogP contribution in [0.5, 0.6) is 0 Å². The van der Waals surface area contributed by atoms with Crippen molar-refractivity contribution in [3.8, 4) is 0 Å². The van der Waals surface area contributed by atoms with Crippen LogP contribution in [0.15, 0.2) is 23.4 Å². The summed E-state index contributed by atoms with van der Waals surface area (Å²) in [4.78, 5) is 1.86. The zero-order valence-electron chi connectivity index (χ0n) is 8.74. The monoisotopic (exact) mass is 211 g/mol. The molecule has 0 saturated heterocycles. The van der Waals surface area contributed by atoms with E-state index >= 15 is 0 Å². The average molecular weight is 211 g/mol. The third-order valence-corrected chi connectivity index (χ3v) is 1.94. The molecule has 0 fully saturated rings. The molecule has 82 valence electrons. The summed E-state index contributed by atoms with van der Waals surface area (Å²) in [6.45, 7) is 0.516. The Kier molecular flexibility index (Phi) is 3.62. The lowest BCUT2D eigenvalue weighted by atomic mass is 10.1. The molecule has 15 heavy (non-hydrogen) atoms. The SMILES string of the molecule is CN(C)Cc1ccc(/C(N)=N/O)cc1F. The second kappa shape index (κ2) is 4.75. The van der Waals surface area contributed by atoms with Gasteiger partial charge < -0.3 is 15.8 Å². The molecule has 0 aliphatic heterocycles. The van der Waals surface area contributed by atoms with Gasteiger partial charge in [0.2, 0.25) is 0 Å². The molecule has 1 rings (SSSR count). The minimum Gasteiger partial charge on any atom is -0.409 e. The summed E-state index contributed by atoms with van der Waals surface area (Å²) >= 11 is 0. The molecule has 5 heteroatoms. The summed E-state index contributed by atoms with van der Waals surface area (Å²) in [7, 11) is 3.72. The van der Waals surface area contributed by atoms with E-state index in [2.05, 4.69) is 5.16 Å². The number of benzene rings is 1. The van der Waals surface area contributed by atoms with E-state index in [1.807, 2.05) is 19.0 Å².